The van der Waals surface area contributed by atoms with Crippen LogP contribution in [0.4, 0.5) is 0 Å². The van der Waals surface area contributed by atoms with Crippen LogP contribution in [0.2, 0.25) is 0 Å². The molecule has 1 aliphatic carbocycles. The lowest BCUT2D eigenvalue weighted by Gasteiger charge is -1.95. The van der Waals surface area contributed by atoms with Gasteiger partial charge < -0.3 is 10.8 Å². The van der Waals surface area contributed by atoms with Crippen LogP contribution in [0, 0.1) is 0 Å². The Hall–Kier alpha value is -1.39. The number of rotatable bonds is 2. The molecular weight excluding hydrogens is 220 g/mol. The van der Waals surface area contributed by atoms with E-state index >= 15 is 0 Å². The van der Waals surface area contributed by atoms with E-state index in [1.807, 2.05) is 18.3 Å². The highest BCUT2D eigenvalue weighted by atomic mass is 32.1. The molecule has 4 heteroatoms. The van der Waals surface area contributed by atoms with Crippen molar-refractivity contribution in [2.45, 2.75) is 18.4 Å². The Kier molecular flexibility index (Phi) is 2.19. The van der Waals surface area contributed by atoms with Crippen LogP contribution in [0.5, 0.6) is 5.75 Å². The zero-order valence-electron chi connectivity index (χ0n) is 8.63. The summed E-state index contributed by atoms with van der Waals surface area (Å²) in [7, 11) is 0. The summed E-state index contributed by atoms with van der Waals surface area (Å²) < 4.78 is 0. The summed E-state index contributed by atoms with van der Waals surface area (Å²) in [5.74, 6) is 0.799. The summed E-state index contributed by atoms with van der Waals surface area (Å²) in [6.07, 6.45) is 3.00. The van der Waals surface area contributed by atoms with Gasteiger partial charge in [-0.3, -0.25) is 0 Å². The standard InChI is InChI=1S/C12H12N2OS/c13-10-5-9(10)11-6-14-12(16-11)7-1-3-8(15)4-2-7/h1-4,6,9-10,15H,5,13H2/t9-,10+/m1/s1. The average molecular weight is 232 g/mol. The first-order valence-electron chi connectivity index (χ1n) is 5.25. The van der Waals surface area contributed by atoms with Crippen molar-refractivity contribution < 1.29 is 5.11 Å². The summed E-state index contributed by atoms with van der Waals surface area (Å²) in [5.41, 5.74) is 6.86. The number of hydrogen-bond donors (Lipinski definition) is 2. The average Bonchev–Trinajstić information content (AvgIpc) is 2.82. The van der Waals surface area contributed by atoms with Crippen molar-refractivity contribution in [3.05, 3.63) is 35.3 Å². The second-order valence-electron chi connectivity index (χ2n) is 4.12. The molecule has 1 aliphatic rings. The fraction of sp³-hybridized carbons (Fsp3) is 0.250. The Bertz CT molecular complexity index is 506. The number of benzene rings is 1. The summed E-state index contributed by atoms with van der Waals surface area (Å²) in [6, 6.07) is 7.45. The quantitative estimate of drug-likeness (QED) is 0.835. The van der Waals surface area contributed by atoms with Gasteiger partial charge in [-0.25, -0.2) is 4.98 Å². The van der Waals surface area contributed by atoms with Gasteiger partial charge in [0, 0.05) is 28.6 Å². The van der Waals surface area contributed by atoms with Crippen LogP contribution in [-0.4, -0.2) is 16.1 Å². The maximum absolute atomic E-state index is 9.21. The van der Waals surface area contributed by atoms with Crippen molar-refractivity contribution in [3.8, 4) is 16.3 Å². The molecule has 82 valence electrons. The SMILES string of the molecule is N[C@H]1C[C@H]1c1cnc(-c2ccc(O)cc2)s1. The number of aromatic nitrogens is 1. The lowest BCUT2D eigenvalue weighted by Crippen LogP contribution is -1.99. The molecular formula is C12H12N2OS. The highest BCUT2D eigenvalue weighted by Crippen LogP contribution is 2.43. The summed E-state index contributed by atoms with van der Waals surface area (Å²) in [4.78, 5) is 5.67. The summed E-state index contributed by atoms with van der Waals surface area (Å²) in [5, 5.41) is 10.2. The monoisotopic (exact) mass is 232 g/mol. The molecule has 1 aromatic heterocycles. The molecule has 3 nitrogen and oxygen atoms in total. The maximum atomic E-state index is 9.21. The van der Waals surface area contributed by atoms with Crippen molar-refractivity contribution in [2.75, 3.05) is 0 Å². The zero-order valence-corrected chi connectivity index (χ0v) is 9.45. The molecule has 0 radical (unpaired) electrons. The number of phenolic OH excluding ortho intramolecular Hbond substituents is 1. The molecule has 0 saturated heterocycles. The van der Waals surface area contributed by atoms with Gasteiger partial charge in [-0.2, -0.15) is 0 Å². The highest BCUT2D eigenvalue weighted by Gasteiger charge is 2.36. The van der Waals surface area contributed by atoms with Crippen molar-refractivity contribution in [1.29, 1.82) is 0 Å². The molecule has 2 atom stereocenters. The Morgan fingerprint density at radius 3 is 2.62 bits per heavy atom. The van der Waals surface area contributed by atoms with E-state index in [4.69, 9.17) is 5.73 Å². The third-order valence-corrected chi connectivity index (χ3v) is 4.02. The maximum Gasteiger partial charge on any atom is 0.123 e. The Labute approximate surface area is 97.6 Å². The van der Waals surface area contributed by atoms with Crippen LogP contribution < -0.4 is 5.73 Å². The van der Waals surface area contributed by atoms with Gasteiger partial charge in [0.05, 0.1) is 0 Å². The van der Waals surface area contributed by atoms with Crippen LogP contribution in [0.25, 0.3) is 10.6 Å². The van der Waals surface area contributed by atoms with E-state index in [9.17, 15) is 5.11 Å². The van der Waals surface area contributed by atoms with Crippen LogP contribution >= 0.6 is 11.3 Å². The summed E-state index contributed by atoms with van der Waals surface area (Å²) >= 11 is 1.69. The van der Waals surface area contributed by atoms with Crippen molar-refractivity contribution in [2.24, 2.45) is 5.73 Å². The van der Waals surface area contributed by atoms with E-state index in [1.165, 1.54) is 4.88 Å². The molecule has 1 heterocycles. The lowest BCUT2D eigenvalue weighted by molar-refractivity contribution is 0.475. The van der Waals surface area contributed by atoms with E-state index < -0.39 is 0 Å². The molecule has 0 amide bonds. The van der Waals surface area contributed by atoms with E-state index in [-0.39, 0.29) is 5.75 Å². The predicted molar refractivity (Wildman–Crippen MR) is 64.5 cm³/mol. The number of nitrogens with zero attached hydrogens (tertiary/aromatic N) is 1. The molecule has 0 spiro atoms. The molecule has 3 rings (SSSR count). The van der Waals surface area contributed by atoms with Crippen LogP contribution in [-0.2, 0) is 0 Å². The number of thiazole rings is 1. The number of hydrogen-bond acceptors (Lipinski definition) is 4. The fourth-order valence-electron chi connectivity index (χ4n) is 1.74. The van der Waals surface area contributed by atoms with Gasteiger partial charge >= 0.3 is 0 Å². The molecule has 2 aromatic rings. The van der Waals surface area contributed by atoms with Gasteiger partial charge in [-0.15, -0.1) is 11.3 Å². The van der Waals surface area contributed by atoms with Gasteiger partial charge in [0.1, 0.15) is 10.8 Å². The van der Waals surface area contributed by atoms with Gasteiger partial charge in [0.15, 0.2) is 0 Å². The minimum atomic E-state index is 0.282. The van der Waals surface area contributed by atoms with Crippen LogP contribution in [0.1, 0.15) is 17.2 Å². The smallest absolute Gasteiger partial charge is 0.123 e. The van der Waals surface area contributed by atoms with E-state index in [1.54, 1.807) is 23.5 Å². The van der Waals surface area contributed by atoms with Crippen molar-refractivity contribution in [3.63, 3.8) is 0 Å². The normalized spacial score (nSPS) is 23.3. The molecule has 0 aliphatic heterocycles. The van der Waals surface area contributed by atoms with Crippen LogP contribution in [0.15, 0.2) is 30.5 Å². The van der Waals surface area contributed by atoms with Crippen molar-refractivity contribution >= 4 is 11.3 Å². The van der Waals surface area contributed by atoms with Gasteiger partial charge in [-0.1, -0.05) is 0 Å². The Morgan fingerprint density at radius 1 is 1.31 bits per heavy atom. The largest absolute Gasteiger partial charge is 0.508 e. The molecule has 1 aromatic carbocycles. The summed E-state index contributed by atoms with van der Waals surface area (Å²) in [6.45, 7) is 0. The van der Waals surface area contributed by atoms with Gasteiger partial charge in [0.25, 0.3) is 0 Å². The number of nitrogens with two attached hydrogens (primary N) is 1. The first-order valence-corrected chi connectivity index (χ1v) is 6.06. The minimum absolute atomic E-state index is 0.282. The van der Waals surface area contributed by atoms with Gasteiger partial charge in [-0.05, 0) is 30.7 Å². The van der Waals surface area contributed by atoms with E-state index in [0.29, 0.717) is 12.0 Å². The van der Waals surface area contributed by atoms with E-state index in [2.05, 4.69) is 4.98 Å². The minimum Gasteiger partial charge on any atom is -0.508 e. The van der Waals surface area contributed by atoms with E-state index in [0.717, 1.165) is 17.0 Å². The zero-order chi connectivity index (χ0) is 11.1. The molecule has 1 fully saturated rings. The topological polar surface area (TPSA) is 59.1 Å². The second-order valence-corrected chi connectivity index (χ2v) is 5.18. The molecule has 0 unspecified atom stereocenters. The van der Waals surface area contributed by atoms with Gasteiger partial charge in [0.2, 0.25) is 0 Å². The first kappa shape index (κ1) is 9.81. The molecule has 1 saturated carbocycles. The predicted octanol–water partition coefficient (Wildman–Crippen LogP) is 2.33. The fourth-order valence-corrected chi connectivity index (χ4v) is 2.85. The third-order valence-electron chi connectivity index (χ3n) is 2.84. The van der Waals surface area contributed by atoms with Crippen LogP contribution in [0.3, 0.4) is 0 Å². The highest BCUT2D eigenvalue weighted by molar-refractivity contribution is 7.15. The number of phenols is 1. The Morgan fingerprint density at radius 2 is 2.00 bits per heavy atom. The third kappa shape index (κ3) is 1.70. The molecule has 16 heavy (non-hydrogen) atoms. The lowest BCUT2D eigenvalue weighted by atomic mass is 10.2. The second kappa shape index (κ2) is 3.57. The first-order chi connectivity index (χ1) is 7.74. The Balaban J connectivity index is 1.89. The molecule has 3 N–H and O–H groups in total. The molecule has 0 bridgehead atoms. The number of aromatic hydroxyl groups is 1. The van der Waals surface area contributed by atoms with Crippen molar-refractivity contribution in [1.82, 2.24) is 4.98 Å².